The van der Waals surface area contributed by atoms with Gasteiger partial charge in [0.15, 0.2) is 0 Å². The van der Waals surface area contributed by atoms with Gasteiger partial charge in [-0.2, -0.15) is 0 Å². The van der Waals surface area contributed by atoms with Gasteiger partial charge in [0.05, 0.1) is 61.8 Å². The molecule has 1 saturated heterocycles. The number of hydrogen-bond acceptors (Lipinski definition) is 12. The summed E-state index contributed by atoms with van der Waals surface area (Å²) in [6, 6.07) is 0. The molecule has 0 aliphatic carbocycles. The van der Waals surface area contributed by atoms with Crippen LogP contribution in [-0.2, 0) is 25.1 Å². The fourth-order valence-electron chi connectivity index (χ4n) is 0.683. The normalized spacial score (nSPS) is 24.0. The van der Waals surface area contributed by atoms with Gasteiger partial charge in [-0.05, 0) is 0 Å². The monoisotopic (exact) mass is 372 g/mol. The molecule has 0 spiro atoms. The minimum atomic E-state index is 0.505. The van der Waals surface area contributed by atoms with E-state index in [2.05, 4.69) is 0 Å². The van der Waals surface area contributed by atoms with Crippen LogP contribution in [0.25, 0.3) is 0 Å². The Balaban J connectivity index is 2.00. The Morgan fingerprint density at radius 3 is 1.33 bits per heavy atom. The first-order valence-corrected chi connectivity index (χ1v) is 10.7. The van der Waals surface area contributed by atoms with E-state index in [1.807, 2.05) is 0 Å². The summed E-state index contributed by atoms with van der Waals surface area (Å²) in [6.07, 6.45) is 0. The molecule has 0 aromatic carbocycles. The quantitative estimate of drug-likeness (QED) is 0.460. The number of hydrogen-bond donors (Lipinski definition) is 0. The summed E-state index contributed by atoms with van der Waals surface area (Å²) in [5, 5.41) is 0. The molecule has 1 rings (SSSR count). The van der Waals surface area contributed by atoms with Crippen molar-refractivity contribution in [3.63, 3.8) is 0 Å². The molecule has 0 N–H and O–H groups in total. The molecule has 0 atom stereocenters. The second-order valence-electron chi connectivity index (χ2n) is 2.41. The molecule has 0 unspecified atom stereocenters. The van der Waals surface area contributed by atoms with Crippen molar-refractivity contribution in [1.82, 2.24) is 0 Å². The summed E-state index contributed by atoms with van der Waals surface area (Å²) in [5.74, 6) is 0. The molecule has 0 radical (unpaired) electrons. The van der Waals surface area contributed by atoms with E-state index in [1.165, 1.54) is 0 Å². The fraction of sp³-hybridized carbons (Fsp3) is 1.00. The van der Waals surface area contributed by atoms with Crippen molar-refractivity contribution in [1.29, 1.82) is 0 Å². The average molecular weight is 373 g/mol. The predicted octanol–water partition coefficient (Wildman–Crippen LogP) is 3.73. The molecular weight excluding hydrogens is 360 g/mol. The maximum Gasteiger partial charge on any atom is 0.110 e. The summed E-state index contributed by atoms with van der Waals surface area (Å²) >= 11 is 6.77. The lowest BCUT2D eigenvalue weighted by Crippen LogP contribution is -2.10. The smallest absolute Gasteiger partial charge is 0.110 e. The van der Waals surface area contributed by atoms with Crippen LogP contribution < -0.4 is 0 Å². The van der Waals surface area contributed by atoms with E-state index in [-0.39, 0.29) is 0 Å². The third-order valence-electron chi connectivity index (χ3n) is 1.28. The maximum absolute atomic E-state index is 5.29. The van der Waals surface area contributed by atoms with Crippen LogP contribution in [0, 0.1) is 0 Å². The van der Waals surface area contributed by atoms with Crippen LogP contribution in [0.15, 0.2) is 0 Å². The van der Waals surface area contributed by atoms with Gasteiger partial charge in [-0.15, -0.1) is 0 Å². The Morgan fingerprint density at radius 1 is 0.444 bits per heavy atom. The zero-order valence-corrected chi connectivity index (χ0v) is 14.0. The molecule has 0 aromatic rings. The largest absolute Gasteiger partial charge is 0.377 e. The molecular formula is C6H12O6S6. The minimum absolute atomic E-state index is 0.505. The van der Waals surface area contributed by atoms with E-state index in [9.17, 15) is 0 Å². The molecule has 12 heteroatoms. The van der Waals surface area contributed by atoms with Gasteiger partial charge in [-0.25, -0.2) is 7.26 Å². The first-order valence-electron chi connectivity index (χ1n) is 4.73. The number of rotatable bonds is 0. The van der Waals surface area contributed by atoms with Crippen molar-refractivity contribution in [2.75, 3.05) is 39.6 Å². The molecule has 18 heavy (non-hydrogen) atoms. The van der Waals surface area contributed by atoms with Gasteiger partial charge < -0.3 is 17.8 Å². The van der Waals surface area contributed by atoms with Gasteiger partial charge >= 0.3 is 0 Å². The van der Waals surface area contributed by atoms with Crippen molar-refractivity contribution in [2.24, 2.45) is 0 Å². The third-order valence-corrected chi connectivity index (χ3v) is 5.94. The molecule has 1 aliphatic rings. The van der Waals surface area contributed by atoms with Gasteiger partial charge in [0.1, 0.15) is 44.3 Å². The lowest BCUT2D eigenvalue weighted by atomic mass is 10.7. The Labute approximate surface area is 130 Å². The summed E-state index contributed by atoms with van der Waals surface area (Å²) in [7, 11) is 0. The van der Waals surface area contributed by atoms with Crippen LogP contribution in [0.3, 0.4) is 0 Å². The van der Waals surface area contributed by atoms with E-state index in [1.54, 1.807) is 0 Å². The van der Waals surface area contributed by atoms with Crippen molar-refractivity contribution in [3.8, 4) is 0 Å². The molecule has 6 nitrogen and oxygen atoms in total. The summed E-state index contributed by atoms with van der Waals surface area (Å²) in [4.78, 5) is 0. The highest BCUT2D eigenvalue weighted by Crippen LogP contribution is 2.39. The molecule has 1 aliphatic heterocycles. The zero-order chi connectivity index (χ0) is 12.7. The highest BCUT2D eigenvalue weighted by molar-refractivity contribution is 8.82. The predicted molar refractivity (Wildman–Crippen MR) is 81.3 cm³/mol. The fourth-order valence-corrected chi connectivity index (χ4v) is 4.67. The van der Waals surface area contributed by atoms with E-state index in [4.69, 9.17) is 25.1 Å². The first-order chi connectivity index (χ1) is 9.00. The van der Waals surface area contributed by atoms with Gasteiger partial charge in [0.25, 0.3) is 0 Å². The SMILES string of the molecule is C1COCCOSSOSSOSSOCCO1. The standard InChI is InChI=1S/C6H12O6S6/c1-2-8-4-6-10-14-16-12-18-17-11-15-13-9-5-3-7-1/h1-6H2. The lowest BCUT2D eigenvalue weighted by Gasteiger charge is -2.06. The van der Waals surface area contributed by atoms with Crippen molar-refractivity contribution < 1.29 is 25.1 Å². The van der Waals surface area contributed by atoms with E-state index in [0.29, 0.717) is 39.6 Å². The van der Waals surface area contributed by atoms with Crippen molar-refractivity contribution >= 4 is 66.4 Å². The molecule has 1 heterocycles. The Bertz CT molecular complexity index is 104. The van der Waals surface area contributed by atoms with Crippen molar-refractivity contribution in [3.05, 3.63) is 0 Å². The first kappa shape index (κ1) is 17.9. The molecule has 108 valence electrons. The molecule has 0 bridgehead atoms. The summed E-state index contributed by atoms with van der Waals surface area (Å²) in [6.45, 7) is 3.18. The maximum atomic E-state index is 5.29. The third kappa shape index (κ3) is 12.9. The van der Waals surface area contributed by atoms with Crippen LogP contribution in [0.5, 0.6) is 0 Å². The van der Waals surface area contributed by atoms with Crippen molar-refractivity contribution in [2.45, 2.75) is 0 Å². The van der Waals surface area contributed by atoms with Gasteiger partial charge in [-0.1, -0.05) is 0 Å². The van der Waals surface area contributed by atoms with Gasteiger partial charge in [-0.3, -0.25) is 0 Å². The second-order valence-corrected chi connectivity index (χ2v) is 7.24. The molecule has 0 aromatic heterocycles. The van der Waals surface area contributed by atoms with Gasteiger partial charge in [0.2, 0.25) is 0 Å². The van der Waals surface area contributed by atoms with Gasteiger partial charge in [0, 0.05) is 0 Å². The Hall–Kier alpha value is 1.86. The topological polar surface area (TPSA) is 55.4 Å². The van der Waals surface area contributed by atoms with E-state index < -0.39 is 0 Å². The summed E-state index contributed by atoms with van der Waals surface area (Å²) < 4.78 is 31.1. The van der Waals surface area contributed by atoms with Crippen LogP contribution in [0.1, 0.15) is 0 Å². The van der Waals surface area contributed by atoms with Crippen LogP contribution in [0.2, 0.25) is 0 Å². The Morgan fingerprint density at radius 2 is 0.833 bits per heavy atom. The van der Waals surface area contributed by atoms with Crippen LogP contribution in [-0.4, -0.2) is 39.6 Å². The minimum Gasteiger partial charge on any atom is -0.377 e. The summed E-state index contributed by atoms with van der Waals surface area (Å²) in [5.41, 5.74) is 0. The zero-order valence-electron chi connectivity index (χ0n) is 9.14. The van der Waals surface area contributed by atoms with E-state index in [0.717, 1.165) is 66.4 Å². The highest BCUT2D eigenvalue weighted by Gasteiger charge is 1.99. The van der Waals surface area contributed by atoms with E-state index >= 15 is 0 Å². The van der Waals surface area contributed by atoms with Crippen LogP contribution in [0.4, 0.5) is 0 Å². The molecule has 0 saturated carbocycles. The molecule has 0 amide bonds. The molecule has 1 fully saturated rings. The lowest BCUT2D eigenvalue weighted by molar-refractivity contribution is 0.0313. The highest BCUT2D eigenvalue weighted by atomic mass is 33.2. The number of ether oxygens (including phenoxy) is 2. The average Bonchev–Trinajstić information content (AvgIpc) is 2.39. The van der Waals surface area contributed by atoms with Crippen LogP contribution >= 0.6 is 66.4 Å². The Kier molecular flexibility index (Phi) is 15.2. The second kappa shape index (κ2) is 15.3.